The number of aliphatic hydroxyl groups excluding tert-OH is 2. The van der Waals surface area contributed by atoms with Crippen LogP contribution >= 0.6 is 47.0 Å². The Morgan fingerprint density at radius 1 is 0.400 bits per heavy atom. The van der Waals surface area contributed by atoms with Gasteiger partial charge in [0.2, 0.25) is 0 Å². The van der Waals surface area contributed by atoms with E-state index in [1.807, 2.05) is 28.4 Å². The summed E-state index contributed by atoms with van der Waals surface area (Å²) in [5.41, 5.74) is 0. The number of ether oxygens (including phenoxy) is 4. The van der Waals surface area contributed by atoms with Gasteiger partial charge in [0.15, 0.2) is 0 Å². The van der Waals surface area contributed by atoms with Crippen molar-refractivity contribution in [1.29, 1.82) is 0 Å². The van der Waals surface area contributed by atoms with Gasteiger partial charge in [-0.1, -0.05) is 129 Å². The van der Waals surface area contributed by atoms with Crippen LogP contribution in [0.25, 0.3) is 0 Å². The van der Waals surface area contributed by atoms with E-state index in [-0.39, 0.29) is 46.2 Å². The third-order valence-electron chi connectivity index (χ3n) is 11.3. The Balaban J connectivity index is 4.35. The zero-order valence-electron chi connectivity index (χ0n) is 42.9. The van der Waals surface area contributed by atoms with Gasteiger partial charge in [-0.15, -0.1) is 47.0 Å². The SMILES string of the molecule is CCCCCCCCCCCCOCCSC(C)(C)SCCOC(=O)CCN(CCCN(CCO)CCO)CCC(=O)OCCSC(C)(C)SCCOCCCCCCCCCCCC. The van der Waals surface area contributed by atoms with Gasteiger partial charge < -0.3 is 34.1 Å². The summed E-state index contributed by atoms with van der Waals surface area (Å²) in [6, 6.07) is 0. The van der Waals surface area contributed by atoms with Crippen LogP contribution in [0, 0.1) is 0 Å². The third-order valence-corrected chi connectivity index (χ3v) is 17.0. The molecule has 0 spiro atoms. The van der Waals surface area contributed by atoms with Crippen molar-refractivity contribution >= 4 is 59.0 Å². The van der Waals surface area contributed by atoms with Crippen molar-refractivity contribution in [3.8, 4) is 0 Å². The summed E-state index contributed by atoms with van der Waals surface area (Å²) in [6.07, 6.45) is 28.0. The largest absolute Gasteiger partial charge is 0.465 e. The molecule has 0 aliphatic carbocycles. The molecule has 0 aliphatic rings. The number of unbranched alkanes of at least 4 members (excludes halogenated alkanes) is 18. The molecule has 0 aliphatic heterocycles. The molecule has 0 radical (unpaired) electrons. The maximum Gasteiger partial charge on any atom is 0.307 e. The van der Waals surface area contributed by atoms with Gasteiger partial charge in [0.05, 0.1) is 47.4 Å². The molecule has 0 fully saturated rings. The van der Waals surface area contributed by atoms with Crippen molar-refractivity contribution in [2.75, 3.05) is 115 Å². The molecule has 0 bridgehead atoms. The van der Waals surface area contributed by atoms with Crippen LogP contribution in [0.3, 0.4) is 0 Å². The van der Waals surface area contributed by atoms with Crippen LogP contribution in [0.1, 0.15) is 189 Å². The first-order chi connectivity index (χ1) is 31.5. The number of esters is 2. The smallest absolute Gasteiger partial charge is 0.307 e. The number of hydrogen-bond acceptors (Lipinski definition) is 14. The molecular weight excluding hydrogens is 897 g/mol. The highest BCUT2D eigenvalue weighted by Crippen LogP contribution is 2.37. The fourth-order valence-electron chi connectivity index (χ4n) is 7.36. The van der Waals surface area contributed by atoms with Crippen molar-refractivity contribution in [2.45, 2.75) is 197 Å². The van der Waals surface area contributed by atoms with E-state index in [0.717, 1.165) is 68.7 Å². The molecule has 2 N–H and O–H groups in total. The highest BCUT2D eigenvalue weighted by atomic mass is 32.2. The van der Waals surface area contributed by atoms with Crippen LogP contribution in [-0.4, -0.2) is 155 Å². The lowest BCUT2D eigenvalue weighted by molar-refractivity contribution is -0.143. The molecule has 0 heterocycles. The van der Waals surface area contributed by atoms with Gasteiger partial charge in [-0.2, -0.15) is 0 Å². The summed E-state index contributed by atoms with van der Waals surface area (Å²) in [4.78, 5) is 29.7. The summed E-state index contributed by atoms with van der Waals surface area (Å²) < 4.78 is 23.1. The fraction of sp³-hybridized carbons (Fsp3) is 0.961. The molecule has 10 nitrogen and oxygen atoms in total. The lowest BCUT2D eigenvalue weighted by atomic mass is 10.1. The Labute approximate surface area is 417 Å². The van der Waals surface area contributed by atoms with Gasteiger partial charge in [0.25, 0.3) is 0 Å². The number of aliphatic hydroxyl groups is 2. The van der Waals surface area contributed by atoms with Gasteiger partial charge in [-0.25, -0.2) is 0 Å². The summed E-state index contributed by atoms with van der Waals surface area (Å²) in [5.74, 6) is 2.90. The zero-order valence-corrected chi connectivity index (χ0v) is 46.1. The van der Waals surface area contributed by atoms with E-state index in [9.17, 15) is 19.8 Å². The first-order valence-electron chi connectivity index (χ1n) is 26.2. The maximum absolute atomic E-state index is 12.8. The van der Waals surface area contributed by atoms with Gasteiger partial charge in [-0.05, 0) is 60.0 Å². The second kappa shape index (κ2) is 47.8. The maximum atomic E-state index is 12.8. The second-order valence-corrected chi connectivity index (χ2v) is 25.6. The van der Waals surface area contributed by atoms with E-state index in [1.54, 1.807) is 23.5 Å². The predicted molar refractivity (Wildman–Crippen MR) is 286 cm³/mol. The Morgan fingerprint density at radius 3 is 1.05 bits per heavy atom. The third kappa shape index (κ3) is 47.6. The minimum atomic E-state index is -0.232. The average Bonchev–Trinajstić information content (AvgIpc) is 3.27. The molecule has 388 valence electrons. The summed E-state index contributed by atoms with van der Waals surface area (Å²) in [5, 5.41) is 18.8. The Morgan fingerprint density at radius 2 is 0.708 bits per heavy atom. The predicted octanol–water partition coefficient (Wildman–Crippen LogP) is 12.1. The Kier molecular flexibility index (Phi) is 47.8. The lowest BCUT2D eigenvalue weighted by Gasteiger charge is -2.25. The first kappa shape index (κ1) is 65.1. The van der Waals surface area contributed by atoms with Gasteiger partial charge in [0.1, 0.15) is 13.2 Å². The molecule has 0 aromatic heterocycles. The second-order valence-electron chi connectivity index (χ2n) is 18.2. The minimum absolute atomic E-state index is 0.00700. The summed E-state index contributed by atoms with van der Waals surface area (Å²) in [6.45, 7) is 20.8. The number of rotatable bonds is 52. The standard InChI is InChI=1S/C51H102N2O8S4/c1-7-9-11-13-15-17-19-21-23-25-38-58-40-44-62-50(3,4)64-46-42-60-48(56)28-32-52(30-27-31-53(34-36-54)35-37-55)33-29-49(57)61-43-47-65-51(5,6)63-45-41-59-39-26-24-22-20-18-16-14-12-10-8-2/h54-55H,7-47H2,1-6H3. The van der Waals surface area contributed by atoms with Crippen molar-refractivity contribution < 1.29 is 38.7 Å². The molecule has 0 aromatic rings. The van der Waals surface area contributed by atoms with Crippen LogP contribution < -0.4 is 0 Å². The summed E-state index contributed by atoms with van der Waals surface area (Å²) >= 11 is 7.38. The van der Waals surface area contributed by atoms with E-state index in [0.29, 0.717) is 52.5 Å². The van der Waals surface area contributed by atoms with Crippen LogP contribution in [0.4, 0.5) is 0 Å². The molecule has 0 atom stereocenters. The highest BCUT2D eigenvalue weighted by molar-refractivity contribution is 8.18. The first-order valence-corrected chi connectivity index (χ1v) is 30.1. The lowest BCUT2D eigenvalue weighted by Crippen LogP contribution is -2.35. The molecular formula is C51H102N2O8S4. The molecule has 0 rings (SSSR count). The normalized spacial score (nSPS) is 12.2. The van der Waals surface area contributed by atoms with Crippen molar-refractivity contribution in [2.24, 2.45) is 0 Å². The average molecular weight is 1000 g/mol. The van der Waals surface area contributed by atoms with Crippen molar-refractivity contribution in [3.63, 3.8) is 0 Å². The van der Waals surface area contributed by atoms with E-state index < -0.39 is 0 Å². The van der Waals surface area contributed by atoms with E-state index in [1.165, 1.54) is 116 Å². The van der Waals surface area contributed by atoms with E-state index >= 15 is 0 Å². The monoisotopic (exact) mass is 999 g/mol. The Hall–Kier alpha value is 0.1000. The van der Waals surface area contributed by atoms with Gasteiger partial charge in [0, 0.05) is 62.4 Å². The number of thioether (sulfide) groups is 4. The molecule has 65 heavy (non-hydrogen) atoms. The molecule has 0 amide bonds. The van der Waals surface area contributed by atoms with Crippen LogP contribution in [0.2, 0.25) is 0 Å². The zero-order chi connectivity index (χ0) is 48.0. The van der Waals surface area contributed by atoms with Crippen molar-refractivity contribution in [3.05, 3.63) is 0 Å². The molecule has 14 heteroatoms. The number of hydrogen-bond donors (Lipinski definition) is 2. The Bertz CT molecular complexity index is 974. The van der Waals surface area contributed by atoms with Gasteiger partial charge >= 0.3 is 11.9 Å². The van der Waals surface area contributed by atoms with Crippen LogP contribution in [-0.2, 0) is 28.5 Å². The van der Waals surface area contributed by atoms with Crippen LogP contribution in [0.5, 0.6) is 0 Å². The summed E-state index contributed by atoms with van der Waals surface area (Å²) in [7, 11) is 0. The molecule has 0 saturated carbocycles. The minimum Gasteiger partial charge on any atom is -0.465 e. The molecule has 0 aromatic carbocycles. The van der Waals surface area contributed by atoms with E-state index in [2.05, 4.69) is 46.4 Å². The fourth-order valence-corrected chi connectivity index (χ4v) is 11.7. The molecule has 0 unspecified atom stereocenters. The van der Waals surface area contributed by atoms with Crippen LogP contribution in [0.15, 0.2) is 0 Å². The topological polar surface area (TPSA) is 118 Å². The number of carbonyl (C=O) groups is 2. The molecule has 0 saturated heterocycles. The quantitative estimate of drug-likeness (QED) is 0.0342. The number of nitrogens with zero attached hydrogens (tertiary/aromatic N) is 2. The van der Waals surface area contributed by atoms with Crippen molar-refractivity contribution in [1.82, 2.24) is 9.80 Å². The van der Waals surface area contributed by atoms with Gasteiger partial charge in [-0.3, -0.25) is 14.5 Å². The number of carbonyl (C=O) groups excluding carboxylic acids is 2. The van der Waals surface area contributed by atoms with E-state index in [4.69, 9.17) is 18.9 Å². The highest BCUT2D eigenvalue weighted by Gasteiger charge is 2.21.